The van der Waals surface area contributed by atoms with Crippen LogP contribution in [0.25, 0.3) is 0 Å². The van der Waals surface area contributed by atoms with Crippen LogP contribution >= 0.6 is 0 Å². The molecular formula is C12H19N3O. The van der Waals surface area contributed by atoms with Crippen LogP contribution in [0.2, 0.25) is 0 Å². The number of carbonyl (C=O) groups is 1. The Hall–Kier alpha value is -1.32. The van der Waals surface area contributed by atoms with E-state index in [1.165, 1.54) is 6.42 Å². The van der Waals surface area contributed by atoms with E-state index in [2.05, 4.69) is 18.5 Å². The van der Waals surface area contributed by atoms with Crippen LogP contribution in [0.3, 0.4) is 0 Å². The van der Waals surface area contributed by atoms with Crippen LogP contribution in [0.4, 0.5) is 4.79 Å². The molecule has 0 aromatic heterocycles. The van der Waals surface area contributed by atoms with E-state index < -0.39 is 0 Å². The van der Waals surface area contributed by atoms with Crippen molar-refractivity contribution in [1.82, 2.24) is 4.90 Å². The molecule has 2 aliphatic rings. The number of urea groups is 1. The summed E-state index contributed by atoms with van der Waals surface area (Å²) in [6, 6.07) is -0.203. The molecule has 0 aromatic rings. The number of hydrogen-bond donors (Lipinski definition) is 1. The number of carbonyl (C=O) groups excluding carboxylic acids is 1. The van der Waals surface area contributed by atoms with Gasteiger partial charge in [-0.3, -0.25) is 0 Å². The molecular weight excluding hydrogens is 202 g/mol. The highest BCUT2D eigenvalue weighted by Gasteiger charge is 2.52. The summed E-state index contributed by atoms with van der Waals surface area (Å²) < 4.78 is 0. The second kappa shape index (κ2) is 3.92. The van der Waals surface area contributed by atoms with E-state index in [-0.39, 0.29) is 11.6 Å². The summed E-state index contributed by atoms with van der Waals surface area (Å²) in [5, 5.41) is 0. The van der Waals surface area contributed by atoms with Crippen molar-refractivity contribution in [3.63, 3.8) is 0 Å². The van der Waals surface area contributed by atoms with Gasteiger partial charge in [-0.15, -0.1) is 6.58 Å². The first-order chi connectivity index (χ1) is 7.63. The fourth-order valence-corrected chi connectivity index (χ4v) is 3.05. The average molecular weight is 221 g/mol. The van der Waals surface area contributed by atoms with Crippen molar-refractivity contribution >= 4 is 11.9 Å². The highest BCUT2D eigenvalue weighted by atomic mass is 16.2. The second-order valence-electron chi connectivity index (χ2n) is 4.75. The van der Waals surface area contributed by atoms with Gasteiger partial charge in [-0.05, 0) is 18.8 Å². The summed E-state index contributed by atoms with van der Waals surface area (Å²) in [4.78, 5) is 17.5. The third-order valence-electron chi connectivity index (χ3n) is 3.94. The van der Waals surface area contributed by atoms with Crippen LogP contribution in [0.5, 0.6) is 0 Å². The van der Waals surface area contributed by atoms with E-state index in [0.717, 1.165) is 19.3 Å². The first-order valence-electron chi connectivity index (χ1n) is 5.90. The molecule has 4 nitrogen and oxygen atoms in total. The fraction of sp³-hybridized carbons (Fsp3) is 0.667. The summed E-state index contributed by atoms with van der Waals surface area (Å²) in [6.07, 6.45) is 6.11. The maximum absolute atomic E-state index is 11.8. The quantitative estimate of drug-likeness (QED) is 0.724. The van der Waals surface area contributed by atoms with E-state index in [1.54, 1.807) is 11.0 Å². The van der Waals surface area contributed by atoms with E-state index in [1.807, 2.05) is 0 Å². The molecule has 2 amide bonds. The molecule has 1 saturated carbocycles. The van der Waals surface area contributed by atoms with Gasteiger partial charge < -0.3 is 10.6 Å². The number of rotatable bonds is 2. The SMILES string of the molecule is C=CCN1C(=O)N=C(N)C12CCCCC2C. The molecule has 0 bridgehead atoms. The number of nitrogens with two attached hydrogens (primary N) is 1. The third kappa shape index (κ3) is 1.36. The molecule has 0 aromatic carbocycles. The number of hydrogen-bond acceptors (Lipinski definition) is 2. The van der Waals surface area contributed by atoms with Crippen molar-refractivity contribution in [2.24, 2.45) is 16.6 Å². The Morgan fingerprint density at radius 3 is 3.06 bits per heavy atom. The molecule has 1 spiro atoms. The summed E-state index contributed by atoms with van der Waals surface area (Å²) in [6.45, 7) is 6.40. The van der Waals surface area contributed by atoms with Crippen molar-refractivity contribution in [3.8, 4) is 0 Å². The Morgan fingerprint density at radius 2 is 2.44 bits per heavy atom. The van der Waals surface area contributed by atoms with E-state index in [9.17, 15) is 4.79 Å². The van der Waals surface area contributed by atoms with Crippen molar-refractivity contribution in [3.05, 3.63) is 12.7 Å². The van der Waals surface area contributed by atoms with E-state index in [0.29, 0.717) is 18.3 Å². The molecule has 1 fully saturated rings. The van der Waals surface area contributed by atoms with Gasteiger partial charge in [0.25, 0.3) is 0 Å². The molecule has 1 aliphatic heterocycles. The van der Waals surface area contributed by atoms with Gasteiger partial charge in [-0.1, -0.05) is 25.8 Å². The molecule has 2 atom stereocenters. The molecule has 1 aliphatic carbocycles. The third-order valence-corrected chi connectivity index (χ3v) is 3.94. The molecule has 0 saturated heterocycles. The zero-order chi connectivity index (χ0) is 11.8. The summed E-state index contributed by atoms with van der Waals surface area (Å²) in [5.41, 5.74) is 5.67. The van der Waals surface area contributed by atoms with Crippen LogP contribution in [-0.2, 0) is 0 Å². The van der Waals surface area contributed by atoms with Crippen LogP contribution in [0.1, 0.15) is 32.6 Å². The molecule has 2 rings (SSSR count). The molecule has 16 heavy (non-hydrogen) atoms. The van der Waals surface area contributed by atoms with Gasteiger partial charge in [0.05, 0.1) is 0 Å². The van der Waals surface area contributed by atoms with Crippen molar-refractivity contribution in [2.75, 3.05) is 6.54 Å². The zero-order valence-corrected chi connectivity index (χ0v) is 9.78. The second-order valence-corrected chi connectivity index (χ2v) is 4.75. The molecule has 1 heterocycles. The number of amides is 2. The lowest BCUT2D eigenvalue weighted by Crippen LogP contribution is -2.59. The van der Waals surface area contributed by atoms with Gasteiger partial charge in [0.1, 0.15) is 11.4 Å². The molecule has 4 heteroatoms. The largest absolute Gasteiger partial charge is 0.385 e. The molecule has 88 valence electrons. The lowest BCUT2D eigenvalue weighted by Gasteiger charge is -2.45. The predicted molar refractivity (Wildman–Crippen MR) is 64.3 cm³/mol. The number of aliphatic imine (C=N–C) groups is 1. The van der Waals surface area contributed by atoms with Gasteiger partial charge >= 0.3 is 6.03 Å². The summed E-state index contributed by atoms with van der Waals surface area (Å²) in [5.74, 6) is 0.892. The van der Waals surface area contributed by atoms with Crippen LogP contribution < -0.4 is 5.73 Å². The lowest BCUT2D eigenvalue weighted by molar-refractivity contribution is 0.111. The number of amidine groups is 1. The maximum Gasteiger partial charge on any atom is 0.346 e. The minimum Gasteiger partial charge on any atom is -0.385 e. The van der Waals surface area contributed by atoms with Crippen LogP contribution in [0, 0.1) is 5.92 Å². The Balaban J connectivity index is 2.37. The minimum absolute atomic E-state index is 0.203. The van der Waals surface area contributed by atoms with Gasteiger partial charge in [0, 0.05) is 6.54 Å². The van der Waals surface area contributed by atoms with Gasteiger partial charge in [0.2, 0.25) is 0 Å². The fourth-order valence-electron chi connectivity index (χ4n) is 3.05. The topological polar surface area (TPSA) is 58.7 Å². The highest BCUT2D eigenvalue weighted by Crippen LogP contribution is 2.41. The average Bonchev–Trinajstić information content (AvgIpc) is 2.48. The van der Waals surface area contributed by atoms with Gasteiger partial charge in [-0.2, -0.15) is 4.99 Å². The zero-order valence-electron chi connectivity index (χ0n) is 9.78. The Bertz CT molecular complexity index is 350. The molecule has 2 N–H and O–H groups in total. The Morgan fingerprint density at radius 1 is 1.69 bits per heavy atom. The smallest absolute Gasteiger partial charge is 0.346 e. The van der Waals surface area contributed by atoms with E-state index in [4.69, 9.17) is 5.73 Å². The lowest BCUT2D eigenvalue weighted by atomic mass is 9.72. The van der Waals surface area contributed by atoms with Crippen LogP contribution in [0.15, 0.2) is 17.6 Å². The number of nitrogens with zero attached hydrogens (tertiary/aromatic N) is 2. The first kappa shape index (κ1) is 11.2. The van der Waals surface area contributed by atoms with E-state index >= 15 is 0 Å². The highest BCUT2D eigenvalue weighted by molar-refractivity contribution is 6.06. The molecule has 2 unspecified atom stereocenters. The standard InChI is InChI=1S/C12H19N3O/c1-3-8-15-11(16)14-10(13)12(15)7-5-4-6-9(12)2/h3,9H,1,4-8H2,2H3,(H2,13,14,16). The summed E-state index contributed by atoms with van der Waals surface area (Å²) >= 11 is 0. The van der Waals surface area contributed by atoms with Gasteiger partial charge in [0.15, 0.2) is 0 Å². The first-order valence-corrected chi connectivity index (χ1v) is 5.90. The minimum atomic E-state index is -0.330. The monoisotopic (exact) mass is 221 g/mol. The van der Waals surface area contributed by atoms with Crippen molar-refractivity contribution in [2.45, 2.75) is 38.1 Å². The van der Waals surface area contributed by atoms with Gasteiger partial charge in [-0.25, -0.2) is 4.79 Å². The Kier molecular flexibility index (Phi) is 2.74. The molecule has 0 radical (unpaired) electrons. The Labute approximate surface area is 96.2 Å². The van der Waals surface area contributed by atoms with Crippen molar-refractivity contribution in [1.29, 1.82) is 0 Å². The van der Waals surface area contributed by atoms with Crippen LogP contribution in [-0.4, -0.2) is 28.9 Å². The summed E-state index contributed by atoms with van der Waals surface area (Å²) in [7, 11) is 0. The predicted octanol–water partition coefficient (Wildman–Crippen LogP) is 1.91. The normalized spacial score (nSPS) is 34.3. The van der Waals surface area contributed by atoms with Crippen molar-refractivity contribution < 1.29 is 4.79 Å². The maximum atomic E-state index is 11.8.